The van der Waals surface area contributed by atoms with Crippen LogP contribution < -0.4 is 0 Å². The number of aromatic amines is 1. The Labute approximate surface area is 131 Å². The van der Waals surface area contributed by atoms with Crippen LogP contribution in [0, 0.1) is 4.77 Å². The molecule has 0 spiro atoms. The van der Waals surface area contributed by atoms with Gasteiger partial charge in [-0.15, -0.1) is 0 Å². The number of alkyl halides is 3. The zero-order valence-electron chi connectivity index (χ0n) is 10.4. The fourth-order valence-electron chi connectivity index (χ4n) is 2.16. The lowest BCUT2D eigenvalue weighted by Gasteiger charge is -2.08. The van der Waals surface area contributed by atoms with E-state index in [4.69, 9.17) is 12.2 Å². The van der Waals surface area contributed by atoms with Gasteiger partial charge in [0.1, 0.15) is 0 Å². The molecule has 0 aliphatic heterocycles. The van der Waals surface area contributed by atoms with Crippen LogP contribution in [0.2, 0.25) is 0 Å². The van der Waals surface area contributed by atoms with E-state index in [0.29, 0.717) is 15.8 Å². The lowest BCUT2D eigenvalue weighted by atomic mass is 10.2. The van der Waals surface area contributed by atoms with Gasteiger partial charge < -0.3 is 4.98 Å². The highest BCUT2D eigenvalue weighted by Crippen LogP contribution is 2.32. The van der Waals surface area contributed by atoms with Gasteiger partial charge in [0.25, 0.3) is 0 Å². The zero-order chi connectivity index (χ0) is 15.2. The Kier molecular flexibility index (Phi) is 3.41. The average molecular weight is 373 g/mol. The molecule has 1 N–H and O–H groups in total. The van der Waals surface area contributed by atoms with Crippen LogP contribution >= 0.6 is 28.1 Å². The number of H-pyrrole nitrogens is 1. The topological polar surface area (TPSA) is 20.7 Å². The lowest BCUT2D eigenvalue weighted by molar-refractivity contribution is -0.137. The van der Waals surface area contributed by atoms with Crippen LogP contribution in [0.1, 0.15) is 5.56 Å². The van der Waals surface area contributed by atoms with Crippen molar-refractivity contribution in [1.29, 1.82) is 0 Å². The maximum atomic E-state index is 12.7. The SMILES string of the molecule is FC(F)(F)c1ccc2c(c1)[nH]c(=S)n2-c1cccc(Br)c1. The van der Waals surface area contributed by atoms with Crippen molar-refractivity contribution >= 4 is 39.2 Å². The quantitative estimate of drug-likeness (QED) is 0.561. The van der Waals surface area contributed by atoms with Crippen molar-refractivity contribution in [3.8, 4) is 5.69 Å². The molecule has 1 heterocycles. The van der Waals surface area contributed by atoms with E-state index in [1.165, 1.54) is 6.07 Å². The third-order valence-electron chi connectivity index (χ3n) is 3.08. The second kappa shape index (κ2) is 4.99. The van der Waals surface area contributed by atoms with E-state index in [2.05, 4.69) is 20.9 Å². The first-order valence-electron chi connectivity index (χ1n) is 5.94. The molecule has 2 aromatic carbocycles. The van der Waals surface area contributed by atoms with E-state index in [-0.39, 0.29) is 0 Å². The van der Waals surface area contributed by atoms with Crippen molar-refractivity contribution in [2.45, 2.75) is 6.18 Å². The summed E-state index contributed by atoms with van der Waals surface area (Å²) in [5.74, 6) is 0. The molecule has 0 saturated heterocycles. The number of benzene rings is 2. The summed E-state index contributed by atoms with van der Waals surface area (Å²) in [4.78, 5) is 2.82. The third-order valence-corrected chi connectivity index (χ3v) is 3.85. The molecule has 7 heteroatoms. The Bertz CT molecular complexity index is 880. The van der Waals surface area contributed by atoms with Gasteiger partial charge in [-0.3, -0.25) is 4.57 Å². The van der Waals surface area contributed by atoms with E-state index < -0.39 is 11.7 Å². The highest BCUT2D eigenvalue weighted by molar-refractivity contribution is 9.10. The molecule has 3 rings (SSSR count). The van der Waals surface area contributed by atoms with E-state index in [9.17, 15) is 13.2 Å². The molecule has 0 aliphatic rings. The van der Waals surface area contributed by atoms with Crippen LogP contribution in [-0.4, -0.2) is 9.55 Å². The fraction of sp³-hybridized carbons (Fsp3) is 0.0714. The number of hydrogen-bond donors (Lipinski definition) is 1. The predicted molar refractivity (Wildman–Crippen MR) is 81.2 cm³/mol. The van der Waals surface area contributed by atoms with Crippen LogP contribution in [0.25, 0.3) is 16.7 Å². The highest BCUT2D eigenvalue weighted by Gasteiger charge is 2.30. The Balaban J connectivity index is 2.26. The smallest absolute Gasteiger partial charge is 0.330 e. The summed E-state index contributed by atoms with van der Waals surface area (Å²) >= 11 is 8.59. The maximum absolute atomic E-state index is 12.7. The molecule has 0 aliphatic carbocycles. The molecule has 0 amide bonds. The summed E-state index contributed by atoms with van der Waals surface area (Å²) in [6.07, 6.45) is -4.37. The largest absolute Gasteiger partial charge is 0.416 e. The van der Waals surface area contributed by atoms with Gasteiger partial charge in [-0.1, -0.05) is 22.0 Å². The third kappa shape index (κ3) is 2.63. The summed E-state index contributed by atoms with van der Waals surface area (Å²) in [6.45, 7) is 0. The molecule has 0 atom stereocenters. The van der Waals surface area contributed by atoms with Crippen molar-refractivity contribution in [1.82, 2.24) is 9.55 Å². The van der Waals surface area contributed by atoms with Gasteiger partial charge in [0, 0.05) is 10.2 Å². The van der Waals surface area contributed by atoms with E-state index in [1.54, 1.807) is 4.57 Å². The van der Waals surface area contributed by atoms with E-state index in [0.717, 1.165) is 22.3 Å². The molecule has 21 heavy (non-hydrogen) atoms. The standard InChI is InChI=1S/C14H8BrF3N2S/c15-9-2-1-3-10(7-9)20-12-5-4-8(14(16,17)18)6-11(12)19-13(20)21/h1-7H,(H,19,21). The number of imidazole rings is 1. The second-order valence-electron chi connectivity index (χ2n) is 4.48. The normalized spacial score (nSPS) is 12.0. The zero-order valence-corrected chi connectivity index (χ0v) is 12.8. The minimum absolute atomic E-state index is 0.349. The Morgan fingerprint density at radius 2 is 1.86 bits per heavy atom. The summed E-state index contributed by atoms with van der Waals surface area (Å²) in [6, 6.07) is 10.9. The first-order chi connectivity index (χ1) is 9.86. The van der Waals surface area contributed by atoms with E-state index >= 15 is 0 Å². The first kappa shape index (κ1) is 14.3. The highest BCUT2D eigenvalue weighted by atomic mass is 79.9. The molecule has 0 fully saturated rings. The molecule has 0 bridgehead atoms. The molecular formula is C14H8BrF3N2S. The van der Waals surface area contributed by atoms with E-state index in [1.807, 2.05) is 24.3 Å². The molecule has 0 radical (unpaired) electrons. The summed E-state index contributed by atoms with van der Waals surface area (Å²) in [7, 11) is 0. The molecule has 2 nitrogen and oxygen atoms in total. The predicted octanol–water partition coefficient (Wildman–Crippen LogP) is 5.47. The second-order valence-corrected chi connectivity index (χ2v) is 5.78. The van der Waals surface area contributed by atoms with Crippen LogP contribution in [0.4, 0.5) is 13.2 Å². The molecule has 1 aromatic heterocycles. The number of fused-ring (bicyclic) bond motifs is 1. The van der Waals surface area contributed by atoms with Gasteiger partial charge in [-0.05, 0) is 48.6 Å². The number of hydrogen-bond acceptors (Lipinski definition) is 1. The molecule has 108 valence electrons. The van der Waals surface area contributed by atoms with Crippen molar-refractivity contribution < 1.29 is 13.2 Å². The fourth-order valence-corrected chi connectivity index (χ4v) is 2.86. The summed E-state index contributed by atoms with van der Waals surface area (Å²) in [5.41, 5.74) is 1.04. The number of rotatable bonds is 1. The molecule has 0 saturated carbocycles. The molecule has 3 aromatic rings. The molecular weight excluding hydrogens is 365 g/mol. The van der Waals surface area contributed by atoms with Gasteiger partial charge in [0.2, 0.25) is 0 Å². The van der Waals surface area contributed by atoms with Gasteiger partial charge in [0.15, 0.2) is 4.77 Å². The molecule has 0 unspecified atom stereocenters. The van der Waals surface area contributed by atoms with Crippen LogP contribution in [0.3, 0.4) is 0 Å². The van der Waals surface area contributed by atoms with Crippen molar-refractivity contribution in [2.24, 2.45) is 0 Å². The van der Waals surface area contributed by atoms with Gasteiger partial charge in [0.05, 0.1) is 16.6 Å². The lowest BCUT2D eigenvalue weighted by Crippen LogP contribution is -2.04. The van der Waals surface area contributed by atoms with Gasteiger partial charge >= 0.3 is 6.18 Å². The minimum atomic E-state index is -4.37. The van der Waals surface area contributed by atoms with Gasteiger partial charge in [-0.25, -0.2) is 0 Å². The maximum Gasteiger partial charge on any atom is 0.416 e. The monoisotopic (exact) mass is 372 g/mol. The van der Waals surface area contributed by atoms with Gasteiger partial charge in [-0.2, -0.15) is 13.2 Å². The minimum Gasteiger partial charge on any atom is -0.330 e. The average Bonchev–Trinajstić information content (AvgIpc) is 2.72. The summed E-state index contributed by atoms with van der Waals surface area (Å²) in [5, 5.41) is 0. The number of aromatic nitrogens is 2. The van der Waals surface area contributed by atoms with Crippen molar-refractivity contribution in [2.75, 3.05) is 0 Å². The van der Waals surface area contributed by atoms with Crippen LogP contribution in [0.5, 0.6) is 0 Å². The van der Waals surface area contributed by atoms with Crippen LogP contribution in [-0.2, 0) is 6.18 Å². The number of nitrogens with one attached hydrogen (secondary N) is 1. The first-order valence-corrected chi connectivity index (χ1v) is 7.14. The van der Waals surface area contributed by atoms with Crippen molar-refractivity contribution in [3.63, 3.8) is 0 Å². The number of halogens is 4. The number of nitrogens with zero attached hydrogens (tertiary/aromatic N) is 1. The summed E-state index contributed by atoms with van der Waals surface area (Å²) < 4.78 is 41.2. The Morgan fingerprint density at radius 1 is 1.10 bits per heavy atom. The Hall–Kier alpha value is -1.60. The van der Waals surface area contributed by atoms with Crippen molar-refractivity contribution in [3.05, 3.63) is 57.3 Å². The van der Waals surface area contributed by atoms with Crippen LogP contribution in [0.15, 0.2) is 46.9 Å². The Morgan fingerprint density at radius 3 is 2.52 bits per heavy atom.